The Kier molecular flexibility index (Phi) is 8.26. The lowest BCUT2D eigenvalue weighted by Gasteiger charge is -2.19. The fourth-order valence-corrected chi connectivity index (χ4v) is 4.00. The van der Waals surface area contributed by atoms with Gasteiger partial charge in [-0.2, -0.15) is 0 Å². The smallest absolute Gasteiger partial charge is 0.420 e. The molecule has 9 heteroatoms. The highest BCUT2D eigenvalue weighted by Gasteiger charge is 2.21. The van der Waals surface area contributed by atoms with Crippen LogP contribution in [0.2, 0.25) is 0 Å². The Morgan fingerprint density at radius 3 is 2.72 bits per heavy atom. The highest BCUT2D eigenvalue weighted by Crippen LogP contribution is 2.17. The molecule has 0 unspecified atom stereocenters. The highest BCUT2D eigenvalue weighted by molar-refractivity contribution is 7.91. The van der Waals surface area contributed by atoms with Gasteiger partial charge in [0.05, 0.1) is 12.4 Å². The number of rotatable bonds is 11. The molecule has 0 radical (unpaired) electrons. The predicted octanol–water partition coefficient (Wildman–Crippen LogP) is 3.92. The van der Waals surface area contributed by atoms with E-state index in [0.29, 0.717) is 12.3 Å². The van der Waals surface area contributed by atoms with Crippen LogP contribution in [0.3, 0.4) is 0 Å². The number of ether oxygens (including phenoxy) is 2. The number of amides is 1. The zero-order valence-electron chi connectivity index (χ0n) is 16.7. The quantitative estimate of drug-likeness (QED) is 0.536. The van der Waals surface area contributed by atoms with Gasteiger partial charge in [0.25, 0.3) is 0 Å². The molecule has 1 aromatic carbocycles. The molecule has 1 aromatic heterocycles. The maximum absolute atomic E-state index is 12.6. The SMILES string of the molecule is C=CC[C@H](COc1ccn(CC)n1)C[S@](=N)(=O)NC(=O)O[C@@H](C)c1ccccc1. The van der Waals surface area contributed by atoms with E-state index in [1.54, 1.807) is 29.9 Å². The van der Waals surface area contributed by atoms with Gasteiger partial charge in [-0.3, -0.25) is 4.68 Å². The molecule has 0 saturated heterocycles. The molecule has 3 atom stereocenters. The van der Waals surface area contributed by atoms with Crippen LogP contribution in [0, 0.1) is 10.7 Å². The predicted molar refractivity (Wildman–Crippen MR) is 112 cm³/mol. The zero-order valence-corrected chi connectivity index (χ0v) is 17.6. The van der Waals surface area contributed by atoms with Crippen LogP contribution in [0.5, 0.6) is 5.88 Å². The number of benzene rings is 1. The van der Waals surface area contributed by atoms with Gasteiger partial charge < -0.3 is 9.47 Å². The van der Waals surface area contributed by atoms with Crippen LogP contribution in [0.25, 0.3) is 0 Å². The van der Waals surface area contributed by atoms with Crippen molar-refractivity contribution in [2.24, 2.45) is 5.92 Å². The van der Waals surface area contributed by atoms with E-state index in [-0.39, 0.29) is 18.3 Å². The molecule has 2 N–H and O–H groups in total. The van der Waals surface area contributed by atoms with Gasteiger partial charge in [0, 0.05) is 24.7 Å². The molecule has 1 amide bonds. The molecule has 2 aromatic rings. The van der Waals surface area contributed by atoms with Gasteiger partial charge >= 0.3 is 6.09 Å². The molecule has 8 nitrogen and oxygen atoms in total. The second-order valence-corrected chi connectivity index (χ2v) is 8.50. The normalized spacial score (nSPS) is 15.0. The molecule has 0 saturated carbocycles. The number of allylic oxidation sites excluding steroid dienone is 1. The summed E-state index contributed by atoms with van der Waals surface area (Å²) < 4.78 is 35.4. The molecule has 0 fully saturated rings. The van der Waals surface area contributed by atoms with Crippen LogP contribution in [-0.2, 0) is 21.2 Å². The maximum Gasteiger partial charge on any atom is 0.420 e. The number of nitrogens with one attached hydrogen (secondary N) is 2. The lowest BCUT2D eigenvalue weighted by molar-refractivity contribution is 0.113. The third-order valence-electron chi connectivity index (χ3n) is 4.18. The van der Waals surface area contributed by atoms with Crippen molar-refractivity contribution in [3.8, 4) is 5.88 Å². The molecular weight excluding hydrogens is 392 g/mol. The van der Waals surface area contributed by atoms with Crippen LogP contribution in [-0.4, -0.2) is 32.4 Å². The van der Waals surface area contributed by atoms with Crippen molar-refractivity contribution < 1.29 is 18.5 Å². The Morgan fingerprint density at radius 1 is 1.38 bits per heavy atom. The first-order valence-corrected chi connectivity index (χ1v) is 11.1. The summed E-state index contributed by atoms with van der Waals surface area (Å²) in [4.78, 5) is 12.1. The summed E-state index contributed by atoms with van der Waals surface area (Å²) in [7, 11) is -3.41. The topological polar surface area (TPSA) is 106 Å². The van der Waals surface area contributed by atoms with Gasteiger partial charge in [0.15, 0.2) is 0 Å². The van der Waals surface area contributed by atoms with Crippen molar-refractivity contribution in [3.05, 3.63) is 60.8 Å². The fraction of sp³-hybridized carbons (Fsp3) is 0.400. The Morgan fingerprint density at radius 2 is 2.10 bits per heavy atom. The summed E-state index contributed by atoms with van der Waals surface area (Å²) in [5.74, 6) is 0.111. The van der Waals surface area contributed by atoms with Crippen molar-refractivity contribution in [3.63, 3.8) is 0 Å². The highest BCUT2D eigenvalue weighted by atomic mass is 32.2. The summed E-state index contributed by atoms with van der Waals surface area (Å²) in [5, 5.41) is 4.23. The van der Waals surface area contributed by atoms with Crippen LogP contribution in [0.15, 0.2) is 55.3 Å². The molecule has 0 bridgehead atoms. The summed E-state index contributed by atoms with van der Waals surface area (Å²) >= 11 is 0. The third-order valence-corrected chi connectivity index (χ3v) is 5.62. The fourth-order valence-electron chi connectivity index (χ4n) is 2.70. The monoisotopic (exact) mass is 420 g/mol. The van der Waals surface area contributed by atoms with Crippen LogP contribution in [0.4, 0.5) is 4.79 Å². The lowest BCUT2D eigenvalue weighted by Crippen LogP contribution is -2.36. The van der Waals surface area contributed by atoms with Gasteiger partial charge in [-0.05, 0) is 25.8 Å². The zero-order chi connectivity index (χ0) is 21.3. The van der Waals surface area contributed by atoms with E-state index in [4.69, 9.17) is 14.3 Å². The summed E-state index contributed by atoms with van der Waals surface area (Å²) in [6.45, 7) is 8.31. The van der Waals surface area contributed by atoms with E-state index in [1.165, 1.54) is 0 Å². The Hall–Kier alpha value is -2.81. The van der Waals surface area contributed by atoms with Gasteiger partial charge in [-0.1, -0.05) is 36.4 Å². The van der Waals surface area contributed by atoms with E-state index in [0.717, 1.165) is 12.1 Å². The summed E-state index contributed by atoms with van der Waals surface area (Å²) in [6.07, 6.45) is 2.55. The van der Waals surface area contributed by atoms with Crippen molar-refractivity contribution in [2.45, 2.75) is 32.9 Å². The molecule has 0 aliphatic heterocycles. The number of hydrogen-bond donors (Lipinski definition) is 2. The van der Waals surface area contributed by atoms with Gasteiger partial charge in [0.2, 0.25) is 5.88 Å². The van der Waals surface area contributed by atoms with Crippen molar-refractivity contribution in [1.82, 2.24) is 14.5 Å². The van der Waals surface area contributed by atoms with Gasteiger partial charge in [0.1, 0.15) is 16.0 Å². The molecule has 0 spiro atoms. The van der Waals surface area contributed by atoms with Crippen LogP contribution < -0.4 is 9.46 Å². The maximum atomic E-state index is 12.6. The van der Waals surface area contributed by atoms with Crippen molar-refractivity contribution >= 4 is 16.0 Å². The van der Waals surface area contributed by atoms with E-state index >= 15 is 0 Å². The van der Waals surface area contributed by atoms with Crippen molar-refractivity contribution in [2.75, 3.05) is 12.4 Å². The van der Waals surface area contributed by atoms with Crippen LogP contribution in [0.1, 0.15) is 31.9 Å². The summed E-state index contributed by atoms with van der Waals surface area (Å²) in [6, 6.07) is 10.9. The van der Waals surface area contributed by atoms with E-state index in [2.05, 4.69) is 16.4 Å². The number of aryl methyl sites for hydroxylation is 1. The van der Waals surface area contributed by atoms with Gasteiger partial charge in [-0.15, -0.1) is 11.7 Å². The average Bonchev–Trinajstić information content (AvgIpc) is 3.14. The molecule has 29 heavy (non-hydrogen) atoms. The second-order valence-electron chi connectivity index (χ2n) is 6.61. The number of hydrogen-bond acceptors (Lipinski definition) is 6. The first-order chi connectivity index (χ1) is 13.8. The second kappa shape index (κ2) is 10.7. The molecule has 158 valence electrons. The average molecular weight is 421 g/mol. The largest absolute Gasteiger partial charge is 0.476 e. The van der Waals surface area contributed by atoms with Crippen LogP contribution >= 0.6 is 0 Å². The van der Waals surface area contributed by atoms with E-state index in [1.807, 2.05) is 37.3 Å². The lowest BCUT2D eigenvalue weighted by atomic mass is 10.1. The summed E-state index contributed by atoms with van der Waals surface area (Å²) in [5.41, 5.74) is 0.809. The Balaban J connectivity index is 1.89. The minimum atomic E-state index is -3.41. The van der Waals surface area contributed by atoms with E-state index < -0.39 is 22.1 Å². The Bertz CT molecular complexity index is 896. The first kappa shape index (κ1) is 22.5. The number of carbonyl (C=O) groups is 1. The number of carbonyl (C=O) groups excluding carboxylic acids is 1. The Labute approximate surface area is 172 Å². The van der Waals surface area contributed by atoms with E-state index in [9.17, 15) is 9.00 Å². The van der Waals surface area contributed by atoms with Gasteiger partial charge in [-0.25, -0.2) is 18.5 Å². The number of aromatic nitrogens is 2. The molecule has 0 aliphatic carbocycles. The standard InChI is InChI=1S/C20H28N4O4S/c1-4-9-17(14-27-19-12-13-24(5-2)22-19)15-29(21,26)23-20(25)28-16(3)18-10-7-6-8-11-18/h4,6-8,10-13,16-17H,1,5,9,14-15H2,2-3H3,(H2,21,23,25,26)/t16-,17+,29+/m0/s1. The third kappa shape index (κ3) is 7.61. The molecule has 2 rings (SSSR count). The minimum absolute atomic E-state index is 0.0810. The molecular formula is C20H28N4O4S. The molecule has 0 aliphatic rings. The number of nitrogens with zero attached hydrogens (tertiary/aromatic N) is 2. The molecule has 1 heterocycles. The first-order valence-electron chi connectivity index (χ1n) is 9.40. The minimum Gasteiger partial charge on any atom is -0.476 e. The van der Waals surface area contributed by atoms with Crippen molar-refractivity contribution in [1.29, 1.82) is 4.78 Å².